The highest BCUT2D eigenvalue weighted by Crippen LogP contribution is 2.24. The van der Waals surface area contributed by atoms with Crippen LogP contribution in [0, 0.1) is 0 Å². The molecule has 2 aromatic carbocycles. The summed E-state index contributed by atoms with van der Waals surface area (Å²) in [6.45, 7) is 0.195. The fourth-order valence-electron chi connectivity index (χ4n) is 2.00. The second kappa shape index (κ2) is 6.55. The summed E-state index contributed by atoms with van der Waals surface area (Å²) in [5, 5.41) is 13.6. The van der Waals surface area contributed by atoms with Crippen molar-refractivity contribution in [1.82, 2.24) is 25.3 Å². The lowest BCUT2D eigenvalue weighted by Crippen LogP contribution is -2.29. The molecule has 0 aliphatic carbocycles. The highest BCUT2D eigenvalue weighted by atomic mass is 32.2. The fourth-order valence-corrected chi connectivity index (χ4v) is 2.89. The van der Waals surface area contributed by atoms with Gasteiger partial charge in [-0.3, -0.25) is 4.72 Å². The van der Waals surface area contributed by atoms with E-state index in [1.165, 1.54) is 0 Å². The van der Waals surface area contributed by atoms with Crippen LogP contribution in [-0.4, -0.2) is 29.0 Å². The SMILES string of the molecule is O=S(=O)(NCc1ccccc1)Nc1ccccc1-c1nn[nH]n1. The minimum absolute atomic E-state index is 0.195. The molecule has 0 fully saturated rings. The van der Waals surface area contributed by atoms with Gasteiger partial charge in [-0.2, -0.15) is 18.4 Å². The number of aromatic nitrogens is 4. The lowest BCUT2D eigenvalue weighted by molar-refractivity contribution is 0.587. The zero-order chi connectivity index (χ0) is 16.1. The van der Waals surface area contributed by atoms with Gasteiger partial charge < -0.3 is 0 Å². The van der Waals surface area contributed by atoms with Gasteiger partial charge in [0.25, 0.3) is 10.2 Å². The quantitative estimate of drug-likeness (QED) is 0.631. The Hall–Kier alpha value is -2.78. The number of nitrogens with zero attached hydrogens (tertiary/aromatic N) is 3. The fraction of sp³-hybridized carbons (Fsp3) is 0.0714. The molecule has 0 unspecified atom stereocenters. The molecule has 0 saturated carbocycles. The average molecular weight is 330 g/mol. The maximum atomic E-state index is 12.2. The van der Waals surface area contributed by atoms with Gasteiger partial charge in [0.2, 0.25) is 5.82 Å². The monoisotopic (exact) mass is 330 g/mol. The van der Waals surface area contributed by atoms with Gasteiger partial charge in [-0.25, -0.2) is 0 Å². The van der Waals surface area contributed by atoms with E-state index in [0.29, 0.717) is 17.1 Å². The Balaban J connectivity index is 1.76. The lowest BCUT2D eigenvalue weighted by Gasteiger charge is -2.11. The van der Waals surface area contributed by atoms with Crippen LogP contribution in [0.2, 0.25) is 0 Å². The predicted octanol–water partition coefficient (Wildman–Crippen LogP) is 1.31. The molecule has 0 aliphatic rings. The van der Waals surface area contributed by atoms with Crippen LogP contribution in [-0.2, 0) is 16.8 Å². The van der Waals surface area contributed by atoms with Gasteiger partial charge in [0.15, 0.2) is 0 Å². The Bertz CT molecular complexity index is 865. The molecule has 0 aliphatic heterocycles. The number of tetrazole rings is 1. The van der Waals surface area contributed by atoms with Crippen molar-refractivity contribution in [3.05, 3.63) is 60.2 Å². The molecule has 3 rings (SSSR count). The third-order valence-corrected chi connectivity index (χ3v) is 4.08. The molecule has 118 valence electrons. The number of para-hydroxylation sites is 1. The summed E-state index contributed by atoms with van der Waals surface area (Å²) in [4.78, 5) is 0. The van der Waals surface area contributed by atoms with Gasteiger partial charge in [0.1, 0.15) is 0 Å². The minimum atomic E-state index is -3.73. The van der Waals surface area contributed by atoms with E-state index in [1.54, 1.807) is 24.3 Å². The molecule has 0 bridgehead atoms. The Labute approximate surface area is 133 Å². The van der Waals surface area contributed by atoms with Crippen LogP contribution in [0.4, 0.5) is 5.69 Å². The van der Waals surface area contributed by atoms with Crippen molar-refractivity contribution in [1.29, 1.82) is 0 Å². The first-order valence-corrected chi connectivity index (χ1v) is 8.26. The topological polar surface area (TPSA) is 113 Å². The van der Waals surface area contributed by atoms with E-state index in [1.807, 2.05) is 30.3 Å². The lowest BCUT2D eigenvalue weighted by atomic mass is 10.2. The number of aromatic amines is 1. The zero-order valence-electron chi connectivity index (χ0n) is 12.0. The molecule has 1 aromatic heterocycles. The number of hydrogen-bond acceptors (Lipinski definition) is 5. The van der Waals surface area contributed by atoms with Crippen LogP contribution in [0.3, 0.4) is 0 Å². The molecule has 3 aromatic rings. The van der Waals surface area contributed by atoms with Gasteiger partial charge in [0.05, 0.1) is 5.69 Å². The smallest absolute Gasteiger partial charge is 0.270 e. The van der Waals surface area contributed by atoms with Crippen molar-refractivity contribution in [3.63, 3.8) is 0 Å². The van der Waals surface area contributed by atoms with Crippen molar-refractivity contribution < 1.29 is 8.42 Å². The van der Waals surface area contributed by atoms with E-state index in [0.717, 1.165) is 5.56 Å². The summed E-state index contributed by atoms with van der Waals surface area (Å²) in [6.07, 6.45) is 0. The maximum absolute atomic E-state index is 12.2. The number of benzene rings is 2. The van der Waals surface area contributed by atoms with Crippen molar-refractivity contribution >= 4 is 15.9 Å². The van der Waals surface area contributed by atoms with Crippen LogP contribution in [0.5, 0.6) is 0 Å². The molecular weight excluding hydrogens is 316 g/mol. The van der Waals surface area contributed by atoms with Gasteiger partial charge in [0, 0.05) is 12.1 Å². The molecule has 0 amide bonds. The Morgan fingerprint density at radius 2 is 1.74 bits per heavy atom. The first-order valence-electron chi connectivity index (χ1n) is 6.78. The first-order chi connectivity index (χ1) is 11.1. The van der Waals surface area contributed by atoms with Crippen molar-refractivity contribution in [2.45, 2.75) is 6.54 Å². The number of hydrogen-bond donors (Lipinski definition) is 3. The highest BCUT2D eigenvalue weighted by molar-refractivity contribution is 7.90. The summed E-state index contributed by atoms with van der Waals surface area (Å²) in [7, 11) is -3.73. The predicted molar refractivity (Wildman–Crippen MR) is 85.4 cm³/mol. The minimum Gasteiger partial charge on any atom is -0.270 e. The van der Waals surface area contributed by atoms with Gasteiger partial charge >= 0.3 is 0 Å². The van der Waals surface area contributed by atoms with Crippen LogP contribution in [0.25, 0.3) is 11.4 Å². The van der Waals surface area contributed by atoms with Crippen molar-refractivity contribution in [2.75, 3.05) is 4.72 Å². The third kappa shape index (κ3) is 3.90. The molecule has 0 atom stereocenters. The Morgan fingerprint density at radius 3 is 2.48 bits per heavy atom. The van der Waals surface area contributed by atoms with Crippen LogP contribution >= 0.6 is 0 Å². The molecule has 8 nitrogen and oxygen atoms in total. The standard InChI is InChI=1S/C14H14N6O2S/c21-23(22,15-10-11-6-2-1-3-7-11)18-13-9-5-4-8-12(13)14-16-19-20-17-14/h1-9,15,18H,10H2,(H,16,17,19,20). The summed E-state index contributed by atoms with van der Waals surface area (Å²) in [5.41, 5.74) is 1.77. The summed E-state index contributed by atoms with van der Waals surface area (Å²) < 4.78 is 29.4. The van der Waals surface area contributed by atoms with Crippen molar-refractivity contribution in [2.24, 2.45) is 0 Å². The van der Waals surface area contributed by atoms with E-state index in [9.17, 15) is 8.42 Å². The molecular formula is C14H14N6O2S. The number of anilines is 1. The molecule has 1 heterocycles. The van der Waals surface area contributed by atoms with Crippen LogP contribution < -0.4 is 9.44 Å². The molecule has 23 heavy (non-hydrogen) atoms. The zero-order valence-corrected chi connectivity index (χ0v) is 12.8. The molecule has 3 N–H and O–H groups in total. The number of rotatable bonds is 6. The van der Waals surface area contributed by atoms with E-state index < -0.39 is 10.2 Å². The van der Waals surface area contributed by atoms with Gasteiger partial charge in [-0.15, -0.1) is 10.2 Å². The summed E-state index contributed by atoms with van der Waals surface area (Å²) in [6, 6.07) is 16.1. The second-order valence-corrected chi connectivity index (χ2v) is 6.19. The van der Waals surface area contributed by atoms with Crippen molar-refractivity contribution in [3.8, 4) is 11.4 Å². The van der Waals surface area contributed by atoms with Gasteiger partial charge in [-0.1, -0.05) is 42.5 Å². The molecule has 0 saturated heterocycles. The number of H-pyrrole nitrogens is 1. The molecule has 9 heteroatoms. The molecule has 0 radical (unpaired) electrons. The van der Waals surface area contributed by atoms with E-state index in [4.69, 9.17) is 0 Å². The summed E-state index contributed by atoms with van der Waals surface area (Å²) >= 11 is 0. The summed E-state index contributed by atoms with van der Waals surface area (Å²) in [5.74, 6) is 0.311. The Kier molecular flexibility index (Phi) is 4.31. The Morgan fingerprint density at radius 1 is 1.00 bits per heavy atom. The van der Waals surface area contributed by atoms with E-state index >= 15 is 0 Å². The molecule has 0 spiro atoms. The average Bonchev–Trinajstić information content (AvgIpc) is 3.09. The highest BCUT2D eigenvalue weighted by Gasteiger charge is 2.15. The third-order valence-electron chi connectivity index (χ3n) is 3.07. The first kappa shape index (κ1) is 15.1. The second-order valence-electron chi connectivity index (χ2n) is 4.69. The normalized spacial score (nSPS) is 11.3. The van der Waals surface area contributed by atoms with E-state index in [-0.39, 0.29) is 6.54 Å². The van der Waals surface area contributed by atoms with Crippen LogP contribution in [0.1, 0.15) is 5.56 Å². The van der Waals surface area contributed by atoms with E-state index in [2.05, 4.69) is 30.1 Å². The maximum Gasteiger partial charge on any atom is 0.299 e. The van der Waals surface area contributed by atoms with Gasteiger partial charge in [-0.05, 0) is 22.9 Å². The largest absolute Gasteiger partial charge is 0.299 e. The van der Waals surface area contributed by atoms with Crippen LogP contribution in [0.15, 0.2) is 54.6 Å². The number of nitrogens with one attached hydrogen (secondary N) is 3.